The molecule has 156 valence electrons. The van der Waals surface area contributed by atoms with Gasteiger partial charge in [0.05, 0.1) is 18.5 Å². The molecular weight excluding hydrogens is 414 g/mol. The zero-order valence-corrected chi connectivity index (χ0v) is 17.6. The van der Waals surface area contributed by atoms with Crippen molar-refractivity contribution in [2.24, 2.45) is 5.92 Å². The van der Waals surface area contributed by atoms with Crippen molar-refractivity contribution >= 4 is 45.2 Å². The third kappa shape index (κ3) is 3.08. The van der Waals surface area contributed by atoms with Crippen molar-refractivity contribution in [2.45, 2.75) is 19.3 Å². The summed E-state index contributed by atoms with van der Waals surface area (Å²) >= 11 is 6.36. The van der Waals surface area contributed by atoms with Crippen LogP contribution in [-0.4, -0.2) is 28.7 Å². The maximum absolute atomic E-state index is 13.9. The summed E-state index contributed by atoms with van der Waals surface area (Å²) < 4.78 is 7.14. The van der Waals surface area contributed by atoms with E-state index in [1.807, 2.05) is 42.5 Å². The summed E-state index contributed by atoms with van der Waals surface area (Å²) in [5, 5.41) is 12.7. The van der Waals surface area contributed by atoms with Gasteiger partial charge in [-0.05, 0) is 60.5 Å². The molecule has 0 bridgehead atoms. The highest BCUT2D eigenvalue weighted by Gasteiger charge is 2.31. The number of rotatable bonds is 3. The molecule has 1 atom stereocenters. The van der Waals surface area contributed by atoms with Crippen LogP contribution < -0.4 is 4.74 Å². The van der Waals surface area contributed by atoms with Crippen LogP contribution in [-0.2, 0) is 17.6 Å². The summed E-state index contributed by atoms with van der Waals surface area (Å²) in [6, 6.07) is 16.7. The van der Waals surface area contributed by atoms with Gasteiger partial charge in [-0.25, -0.2) is 0 Å². The minimum absolute atomic E-state index is 0.141. The molecular formula is C25H20ClNO4. The number of hydrogen-bond donors (Lipinski definition) is 1. The van der Waals surface area contributed by atoms with Crippen LogP contribution in [0.2, 0.25) is 5.02 Å². The summed E-state index contributed by atoms with van der Waals surface area (Å²) in [6.45, 7) is 0. The lowest BCUT2D eigenvalue weighted by atomic mass is 9.86. The highest BCUT2D eigenvalue weighted by molar-refractivity contribution is 6.36. The lowest BCUT2D eigenvalue weighted by Gasteiger charge is -2.21. The fourth-order valence-electron chi connectivity index (χ4n) is 4.68. The molecule has 4 aromatic rings. The first-order chi connectivity index (χ1) is 15.0. The maximum Gasteiger partial charge on any atom is 0.306 e. The van der Waals surface area contributed by atoms with Gasteiger partial charge in [-0.1, -0.05) is 35.9 Å². The Hall–Kier alpha value is -3.31. The smallest absolute Gasteiger partial charge is 0.306 e. The van der Waals surface area contributed by atoms with Crippen molar-refractivity contribution in [3.05, 3.63) is 76.4 Å². The van der Waals surface area contributed by atoms with E-state index < -0.39 is 11.9 Å². The molecule has 1 aromatic heterocycles. The molecule has 0 aliphatic heterocycles. The topological polar surface area (TPSA) is 68.5 Å². The summed E-state index contributed by atoms with van der Waals surface area (Å²) in [7, 11) is 1.59. The minimum atomic E-state index is -0.801. The zero-order valence-electron chi connectivity index (χ0n) is 16.9. The Balaban J connectivity index is 1.75. The average molecular weight is 434 g/mol. The fourth-order valence-corrected chi connectivity index (χ4v) is 4.90. The van der Waals surface area contributed by atoms with Gasteiger partial charge in [-0.15, -0.1) is 0 Å². The first kappa shape index (κ1) is 19.6. The molecule has 0 saturated carbocycles. The molecule has 6 heteroatoms. The van der Waals surface area contributed by atoms with Crippen LogP contribution in [0.4, 0.5) is 0 Å². The molecule has 1 aliphatic carbocycles. The number of methoxy groups -OCH3 is 1. The first-order valence-electron chi connectivity index (χ1n) is 10.1. The SMILES string of the molecule is COc1ccc2c(c1)c1c(n2C(=O)c2ccc(Cl)c3ccccc23)CCC(C(=O)O)C1. The Morgan fingerprint density at radius 2 is 1.84 bits per heavy atom. The van der Waals surface area contributed by atoms with Crippen LogP contribution >= 0.6 is 11.6 Å². The van der Waals surface area contributed by atoms with E-state index in [0.717, 1.165) is 32.9 Å². The van der Waals surface area contributed by atoms with Crippen LogP contribution in [0.1, 0.15) is 28.0 Å². The predicted octanol–water partition coefficient (Wildman–Crippen LogP) is 5.33. The quantitative estimate of drug-likeness (QED) is 0.474. The van der Waals surface area contributed by atoms with Crippen LogP contribution in [0, 0.1) is 5.92 Å². The maximum atomic E-state index is 13.9. The number of carboxylic acids is 1. The van der Waals surface area contributed by atoms with Crippen LogP contribution in [0.15, 0.2) is 54.6 Å². The summed E-state index contributed by atoms with van der Waals surface area (Å²) in [5.74, 6) is -0.721. The number of halogens is 1. The average Bonchev–Trinajstić information content (AvgIpc) is 3.12. The number of carboxylic acid groups (broad SMARTS) is 1. The van der Waals surface area contributed by atoms with Gasteiger partial charge >= 0.3 is 5.97 Å². The van der Waals surface area contributed by atoms with Crippen molar-refractivity contribution in [3.8, 4) is 5.75 Å². The minimum Gasteiger partial charge on any atom is -0.497 e. The number of ether oxygens (including phenoxy) is 1. The zero-order chi connectivity index (χ0) is 21.7. The number of carbonyl (C=O) groups excluding carboxylic acids is 1. The molecule has 0 amide bonds. The van der Waals surface area contributed by atoms with E-state index in [9.17, 15) is 14.7 Å². The van der Waals surface area contributed by atoms with Gasteiger partial charge in [0.25, 0.3) is 5.91 Å². The predicted molar refractivity (Wildman–Crippen MR) is 120 cm³/mol. The lowest BCUT2D eigenvalue weighted by Crippen LogP contribution is -2.24. The van der Waals surface area contributed by atoms with E-state index in [1.165, 1.54) is 0 Å². The summed E-state index contributed by atoms with van der Waals surface area (Å²) in [6.07, 6.45) is 1.43. The number of carbonyl (C=O) groups is 2. The van der Waals surface area contributed by atoms with E-state index in [0.29, 0.717) is 35.6 Å². The summed E-state index contributed by atoms with van der Waals surface area (Å²) in [4.78, 5) is 25.5. The monoisotopic (exact) mass is 433 g/mol. The van der Waals surface area contributed by atoms with Crippen molar-refractivity contribution in [1.29, 1.82) is 0 Å². The second-order valence-corrected chi connectivity index (χ2v) is 8.27. The third-order valence-electron chi connectivity index (χ3n) is 6.22. The normalized spacial score (nSPS) is 15.7. The molecule has 0 radical (unpaired) electrons. The van der Waals surface area contributed by atoms with E-state index in [-0.39, 0.29) is 5.91 Å². The number of aromatic nitrogens is 1. The van der Waals surface area contributed by atoms with Gasteiger partial charge in [0, 0.05) is 27.1 Å². The van der Waals surface area contributed by atoms with Crippen molar-refractivity contribution in [3.63, 3.8) is 0 Å². The number of aliphatic carboxylic acids is 1. The first-order valence-corrected chi connectivity index (χ1v) is 10.5. The molecule has 1 aliphatic rings. The Morgan fingerprint density at radius 3 is 2.58 bits per heavy atom. The Bertz CT molecular complexity index is 1370. The second kappa shape index (κ2) is 7.43. The second-order valence-electron chi connectivity index (χ2n) is 7.87. The molecule has 31 heavy (non-hydrogen) atoms. The van der Waals surface area contributed by atoms with E-state index in [1.54, 1.807) is 23.8 Å². The standard InChI is InChI=1S/C25H20ClNO4/c1-31-15-7-11-23-20(13-15)19-12-14(25(29)30)6-10-22(19)27(23)24(28)18-8-9-21(26)17-5-3-2-4-16(17)18/h2-5,7-9,11,13-14H,6,10,12H2,1H3,(H,29,30). The molecule has 0 spiro atoms. The van der Waals surface area contributed by atoms with Crippen LogP contribution in [0.5, 0.6) is 5.75 Å². The van der Waals surface area contributed by atoms with E-state index in [4.69, 9.17) is 16.3 Å². The van der Waals surface area contributed by atoms with E-state index >= 15 is 0 Å². The lowest BCUT2D eigenvalue weighted by molar-refractivity contribution is -0.142. The molecule has 1 heterocycles. The molecule has 1 N–H and O–H groups in total. The Kier molecular flexibility index (Phi) is 4.71. The van der Waals surface area contributed by atoms with Crippen molar-refractivity contribution in [1.82, 2.24) is 4.57 Å². The Labute approximate surface area is 183 Å². The molecule has 1 unspecified atom stereocenters. The van der Waals surface area contributed by atoms with Gasteiger partial charge < -0.3 is 9.84 Å². The largest absolute Gasteiger partial charge is 0.497 e. The third-order valence-corrected chi connectivity index (χ3v) is 6.55. The highest BCUT2D eigenvalue weighted by Crippen LogP contribution is 2.37. The van der Waals surface area contributed by atoms with E-state index in [2.05, 4.69) is 0 Å². The number of nitrogens with zero attached hydrogens (tertiary/aromatic N) is 1. The molecule has 0 fully saturated rings. The van der Waals surface area contributed by atoms with Crippen LogP contribution in [0.25, 0.3) is 21.7 Å². The molecule has 0 saturated heterocycles. The van der Waals surface area contributed by atoms with Gasteiger partial charge in [0.15, 0.2) is 0 Å². The molecule has 3 aromatic carbocycles. The van der Waals surface area contributed by atoms with Crippen LogP contribution in [0.3, 0.4) is 0 Å². The molecule has 5 rings (SSSR count). The van der Waals surface area contributed by atoms with Gasteiger partial charge in [0.1, 0.15) is 5.75 Å². The number of benzene rings is 3. The van der Waals surface area contributed by atoms with Gasteiger partial charge in [-0.2, -0.15) is 0 Å². The number of fused-ring (bicyclic) bond motifs is 4. The number of hydrogen-bond acceptors (Lipinski definition) is 3. The Morgan fingerprint density at radius 1 is 1.06 bits per heavy atom. The highest BCUT2D eigenvalue weighted by atomic mass is 35.5. The van der Waals surface area contributed by atoms with Crippen molar-refractivity contribution < 1.29 is 19.4 Å². The molecule has 5 nitrogen and oxygen atoms in total. The van der Waals surface area contributed by atoms with Crippen molar-refractivity contribution in [2.75, 3.05) is 7.11 Å². The van der Waals surface area contributed by atoms with Gasteiger partial charge in [0.2, 0.25) is 0 Å². The fraction of sp³-hybridized carbons (Fsp3) is 0.200. The summed E-state index contributed by atoms with van der Waals surface area (Å²) in [5.41, 5.74) is 3.13. The van der Waals surface area contributed by atoms with Gasteiger partial charge in [-0.3, -0.25) is 14.2 Å².